The SMILES string of the molecule is O=[N+]([O-])c1ccc(NS(=O)(=O)c2ccccc2Br)cc1F. The molecular formula is C12H8BrFN2O4S. The van der Waals surface area contributed by atoms with Crippen molar-refractivity contribution in [1.29, 1.82) is 0 Å². The van der Waals surface area contributed by atoms with Crippen LogP contribution in [0.1, 0.15) is 0 Å². The van der Waals surface area contributed by atoms with Crippen LogP contribution >= 0.6 is 15.9 Å². The molecule has 0 heterocycles. The Morgan fingerprint density at radius 3 is 2.43 bits per heavy atom. The maximum Gasteiger partial charge on any atom is 0.304 e. The summed E-state index contributed by atoms with van der Waals surface area (Å²) < 4.78 is 40.3. The van der Waals surface area contributed by atoms with Gasteiger partial charge in [-0.1, -0.05) is 12.1 Å². The van der Waals surface area contributed by atoms with Gasteiger partial charge in [-0.05, 0) is 34.1 Å². The molecule has 1 N–H and O–H groups in total. The Balaban J connectivity index is 2.36. The molecule has 9 heteroatoms. The van der Waals surface area contributed by atoms with Crippen molar-refractivity contribution in [3.63, 3.8) is 0 Å². The highest BCUT2D eigenvalue weighted by Crippen LogP contribution is 2.26. The van der Waals surface area contributed by atoms with Gasteiger partial charge in [-0.25, -0.2) is 8.42 Å². The Labute approximate surface area is 127 Å². The fourth-order valence-corrected chi connectivity index (χ4v) is 3.65. The van der Waals surface area contributed by atoms with Crippen molar-refractivity contribution in [3.05, 3.63) is 62.9 Å². The number of anilines is 1. The van der Waals surface area contributed by atoms with E-state index >= 15 is 0 Å². The first-order chi connectivity index (χ1) is 9.81. The summed E-state index contributed by atoms with van der Waals surface area (Å²) in [5.74, 6) is -1.12. The quantitative estimate of drug-likeness (QED) is 0.656. The first-order valence-electron chi connectivity index (χ1n) is 5.52. The lowest BCUT2D eigenvalue weighted by Crippen LogP contribution is -2.13. The lowest BCUT2D eigenvalue weighted by atomic mass is 10.3. The molecular weight excluding hydrogens is 367 g/mol. The van der Waals surface area contributed by atoms with Gasteiger partial charge in [0.05, 0.1) is 10.6 Å². The summed E-state index contributed by atoms with van der Waals surface area (Å²) in [4.78, 5) is 9.59. The van der Waals surface area contributed by atoms with Gasteiger partial charge < -0.3 is 0 Å². The van der Waals surface area contributed by atoms with Crippen LogP contribution in [-0.2, 0) is 10.0 Å². The molecule has 0 saturated carbocycles. The molecule has 2 aromatic carbocycles. The number of nitro groups is 1. The summed E-state index contributed by atoms with van der Waals surface area (Å²) in [6, 6.07) is 8.87. The topological polar surface area (TPSA) is 89.3 Å². The van der Waals surface area contributed by atoms with Crippen LogP contribution in [0.4, 0.5) is 15.8 Å². The molecule has 0 bridgehead atoms. The van der Waals surface area contributed by atoms with E-state index in [0.717, 1.165) is 18.2 Å². The lowest BCUT2D eigenvalue weighted by molar-refractivity contribution is -0.387. The molecule has 6 nitrogen and oxygen atoms in total. The summed E-state index contributed by atoms with van der Waals surface area (Å²) in [7, 11) is -3.93. The molecule has 2 rings (SSSR count). The van der Waals surface area contributed by atoms with Gasteiger partial charge in [-0.2, -0.15) is 4.39 Å². The minimum atomic E-state index is -3.93. The van der Waals surface area contributed by atoms with E-state index in [1.165, 1.54) is 12.1 Å². The summed E-state index contributed by atoms with van der Waals surface area (Å²) >= 11 is 3.11. The molecule has 0 unspecified atom stereocenters. The van der Waals surface area contributed by atoms with Crippen molar-refractivity contribution in [3.8, 4) is 0 Å². The van der Waals surface area contributed by atoms with Gasteiger partial charge in [0.1, 0.15) is 4.90 Å². The zero-order chi connectivity index (χ0) is 15.6. The van der Waals surface area contributed by atoms with Crippen LogP contribution in [0.15, 0.2) is 51.8 Å². The van der Waals surface area contributed by atoms with Crippen molar-refractivity contribution in [2.45, 2.75) is 4.90 Å². The predicted molar refractivity (Wildman–Crippen MR) is 78.0 cm³/mol. The zero-order valence-corrected chi connectivity index (χ0v) is 12.7. The number of rotatable bonds is 4. The minimum absolute atomic E-state index is 0.0243. The Morgan fingerprint density at radius 1 is 1.19 bits per heavy atom. The lowest BCUT2D eigenvalue weighted by Gasteiger charge is -2.09. The molecule has 0 fully saturated rings. The Hall–Kier alpha value is -2.00. The molecule has 0 amide bonds. The van der Waals surface area contributed by atoms with Crippen LogP contribution in [0.25, 0.3) is 0 Å². The molecule has 110 valence electrons. The smallest absolute Gasteiger partial charge is 0.279 e. The Kier molecular flexibility index (Phi) is 4.24. The van der Waals surface area contributed by atoms with Gasteiger partial charge in [-0.15, -0.1) is 0 Å². The zero-order valence-electron chi connectivity index (χ0n) is 10.3. The van der Waals surface area contributed by atoms with Gasteiger partial charge in [0.15, 0.2) is 0 Å². The number of nitrogens with one attached hydrogen (secondary N) is 1. The standard InChI is InChI=1S/C12H8BrFN2O4S/c13-9-3-1-2-4-12(9)21(19,20)15-8-5-6-11(16(17)18)10(14)7-8/h1-7,15H. The molecule has 0 radical (unpaired) electrons. The normalized spacial score (nSPS) is 11.1. The van der Waals surface area contributed by atoms with Crippen molar-refractivity contribution >= 4 is 37.3 Å². The molecule has 0 saturated heterocycles. The highest BCUT2D eigenvalue weighted by molar-refractivity contribution is 9.10. The number of nitro benzene ring substituents is 1. The van der Waals surface area contributed by atoms with Gasteiger partial charge in [0.25, 0.3) is 10.0 Å². The molecule has 21 heavy (non-hydrogen) atoms. The third-order valence-electron chi connectivity index (χ3n) is 2.52. The monoisotopic (exact) mass is 374 g/mol. The maximum absolute atomic E-state index is 13.5. The molecule has 2 aromatic rings. The molecule has 0 aromatic heterocycles. The molecule has 0 aliphatic heterocycles. The van der Waals surface area contributed by atoms with E-state index in [0.29, 0.717) is 4.47 Å². The van der Waals surface area contributed by atoms with Crippen LogP contribution in [0.2, 0.25) is 0 Å². The second-order valence-corrected chi connectivity index (χ2v) is 6.46. The van der Waals surface area contributed by atoms with E-state index in [-0.39, 0.29) is 10.6 Å². The van der Waals surface area contributed by atoms with Crippen molar-refractivity contribution in [2.75, 3.05) is 4.72 Å². The summed E-state index contributed by atoms with van der Waals surface area (Å²) in [5, 5.41) is 10.5. The van der Waals surface area contributed by atoms with E-state index in [9.17, 15) is 22.9 Å². The average molecular weight is 375 g/mol. The molecule has 0 aliphatic carbocycles. The molecule has 0 spiro atoms. The van der Waals surface area contributed by atoms with Gasteiger partial charge in [0, 0.05) is 16.6 Å². The first kappa shape index (κ1) is 15.4. The van der Waals surface area contributed by atoms with E-state index in [4.69, 9.17) is 0 Å². The number of nitrogens with zero attached hydrogens (tertiary/aromatic N) is 1. The number of hydrogen-bond acceptors (Lipinski definition) is 4. The summed E-state index contributed by atoms with van der Waals surface area (Å²) in [6.45, 7) is 0. The van der Waals surface area contributed by atoms with Crippen LogP contribution < -0.4 is 4.72 Å². The highest BCUT2D eigenvalue weighted by atomic mass is 79.9. The molecule has 0 atom stereocenters. The largest absolute Gasteiger partial charge is 0.304 e. The van der Waals surface area contributed by atoms with Crippen LogP contribution in [0.5, 0.6) is 0 Å². The third-order valence-corrected chi connectivity index (χ3v) is 4.92. The molecule has 0 aliphatic rings. The van der Waals surface area contributed by atoms with Gasteiger partial charge >= 0.3 is 5.69 Å². The third kappa shape index (κ3) is 3.37. The van der Waals surface area contributed by atoms with Gasteiger partial charge in [0.2, 0.25) is 5.82 Å². The van der Waals surface area contributed by atoms with Crippen LogP contribution in [-0.4, -0.2) is 13.3 Å². The Morgan fingerprint density at radius 2 is 1.86 bits per heavy atom. The summed E-state index contributed by atoms with van der Waals surface area (Å²) in [6.07, 6.45) is 0. The Bertz CT molecular complexity index is 811. The van der Waals surface area contributed by atoms with Crippen molar-refractivity contribution in [1.82, 2.24) is 0 Å². The average Bonchev–Trinajstić information content (AvgIpc) is 2.38. The summed E-state index contributed by atoms with van der Waals surface area (Å²) in [5.41, 5.74) is -0.826. The maximum atomic E-state index is 13.5. The second-order valence-electron chi connectivity index (χ2n) is 3.96. The first-order valence-corrected chi connectivity index (χ1v) is 7.80. The van der Waals surface area contributed by atoms with E-state index in [1.54, 1.807) is 12.1 Å². The van der Waals surface area contributed by atoms with E-state index in [1.807, 2.05) is 0 Å². The highest BCUT2D eigenvalue weighted by Gasteiger charge is 2.19. The van der Waals surface area contributed by atoms with Crippen molar-refractivity contribution < 1.29 is 17.7 Å². The number of hydrogen-bond donors (Lipinski definition) is 1. The van der Waals surface area contributed by atoms with Crippen LogP contribution in [0, 0.1) is 15.9 Å². The number of benzene rings is 2. The fourth-order valence-electron chi connectivity index (χ4n) is 1.59. The second kappa shape index (κ2) is 5.78. The van der Waals surface area contributed by atoms with Crippen LogP contribution in [0.3, 0.4) is 0 Å². The minimum Gasteiger partial charge on any atom is -0.279 e. The number of halogens is 2. The van der Waals surface area contributed by atoms with E-state index in [2.05, 4.69) is 20.7 Å². The van der Waals surface area contributed by atoms with E-state index < -0.39 is 26.5 Å². The number of sulfonamides is 1. The fraction of sp³-hybridized carbons (Fsp3) is 0. The van der Waals surface area contributed by atoms with Crippen molar-refractivity contribution in [2.24, 2.45) is 0 Å². The van der Waals surface area contributed by atoms with Gasteiger partial charge in [-0.3, -0.25) is 14.8 Å². The predicted octanol–water partition coefficient (Wildman–Crippen LogP) is 3.30.